The summed E-state index contributed by atoms with van der Waals surface area (Å²) in [5, 5.41) is 28.6. The van der Waals surface area contributed by atoms with Gasteiger partial charge in [-0.25, -0.2) is 4.79 Å². The zero-order valence-electron chi connectivity index (χ0n) is 18.1. The van der Waals surface area contributed by atoms with E-state index in [4.69, 9.17) is 17.2 Å². The van der Waals surface area contributed by atoms with Gasteiger partial charge >= 0.3 is 5.97 Å². The maximum Gasteiger partial charge on any atom is 0.326 e. The summed E-state index contributed by atoms with van der Waals surface area (Å²) in [6.45, 7) is -0.0833. The molecule has 0 aromatic heterocycles. The van der Waals surface area contributed by atoms with Gasteiger partial charge in [0.05, 0.1) is 19.1 Å². The van der Waals surface area contributed by atoms with Crippen LogP contribution in [0.15, 0.2) is 4.99 Å². The van der Waals surface area contributed by atoms with Crippen molar-refractivity contribution >= 4 is 35.6 Å². The van der Waals surface area contributed by atoms with Gasteiger partial charge in [0, 0.05) is 6.54 Å². The molecule has 0 aromatic rings. The third-order valence-electron chi connectivity index (χ3n) is 4.79. The summed E-state index contributed by atoms with van der Waals surface area (Å²) in [5.74, 6) is -4.78. The first-order valence-electron chi connectivity index (χ1n) is 10.4. The molecule has 4 unspecified atom stereocenters. The third kappa shape index (κ3) is 10.1. The minimum absolute atomic E-state index is 0.0152. The lowest BCUT2D eigenvalue weighted by atomic mass is 10.1. The van der Waals surface area contributed by atoms with Crippen LogP contribution >= 0.6 is 0 Å². The minimum Gasteiger partial charge on any atom is -0.480 e. The van der Waals surface area contributed by atoms with E-state index >= 15 is 0 Å². The van der Waals surface area contributed by atoms with E-state index in [-0.39, 0.29) is 25.3 Å². The van der Waals surface area contributed by atoms with Gasteiger partial charge in [-0.05, 0) is 32.2 Å². The molecule has 0 saturated carbocycles. The van der Waals surface area contributed by atoms with Gasteiger partial charge in [0.2, 0.25) is 23.6 Å². The second kappa shape index (κ2) is 13.8. The van der Waals surface area contributed by atoms with Crippen LogP contribution in [0.4, 0.5) is 0 Å². The molecule has 1 rings (SSSR count). The highest BCUT2D eigenvalue weighted by atomic mass is 16.4. The zero-order chi connectivity index (χ0) is 25.0. The first-order valence-corrected chi connectivity index (χ1v) is 10.4. The van der Waals surface area contributed by atoms with Crippen molar-refractivity contribution in [3.8, 4) is 0 Å². The van der Waals surface area contributed by atoms with Crippen LogP contribution in [0.3, 0.4) is 0 Å². The lowest BCUT2D eigenvalue weighted by molar-refractivity contribution is -0.143. The summed E-state index contributed by atoms with van der Waals surface area (Å²) >= 11 is 0. The molecule has 0 aliphatic carbocycles. The predicted octanol–water partition coefficient (Wildman–Crippen LogP) is -4.80. The number of aliphatic imine (C=N–C) groups is 1. The van der Waals surface area contributed by atoms with Crippen LogP contribution in [0.5, 0.6) is 0 Å². The standard InChI is InChI=1S/C18H32N8O7/c19-13(28)7-11(25-14(29)9-3-1-5-22-9)15(30)26-12(8-27)16(31)24-10(17(32)33)4-2-6-23-18(20)21/h9-12,22,27H,1-8H2,(H2,19,28)(H,24,31)(H,25,29)(H,26,30)(H,32,33)(H4,20,21,23). The summed E-state index contributed by atoms with van der Waals surface area (Å²) in [5.41, 5.74) is 15.5. The van der Waals surface area contributed by atoms with Crippen molar-refractivity contribution in [2.75, 3.05) is 19.7 Å². The van der Waals surface area contributed by atoms with Crippen LogP contribution in [0.25, 0.3) is 0 Å². The molecule has 15 nitrogen and oxygen atoms in total. The minimum atomic E-state index is -1.53. The van der Waals surface area contributed by atoms with Crippen LogP contribution in [-0.2, 0) is 24.0 Å². The number of guanidine groups is 1. The second-order valence-electron chi connectivity index (χ2n) is 7.47. The van der Waals surface area contributed by atoms with E-state index in [1.165, 1.54) is 0 Å². The first kappa shape index (κ1) is 27.6. The Bertz CT molecular complexity index is 750. The Hall–Kier alpha value is -3.46. The summed E-state index contributed by atoms with van der Waals surface area (Å²) < 4.78 is 0. The van der Waals surface area contributed by atoms with Gasteiger partial charge < -0.3 is 48.7 Å². The number of carboxylic acids is 1. The fourth-order valence-electron chi connectivity index (χ4n) is 3.09. The van der Waals surface area contributed by atoms with Gasteiger partial charge in [0.25, 0.3) is 0 Å². The Morgan fingerprint density at radius 1 is 1.00 bits per heavy atom. The number of nitrogens with zero attached hydrogens (tertiary/aromatic N) is 1. The van der Waals surface area contributed by atoms with Crippen molar-refractivity contribution in [3.63, 3.8) is 0 Å². The fourth-order valence-corrected chi connectivity index (χ4v) is 3.09. The number of aliphatic carboxylic acids is 1. The highest BCUT2D eigenvalue weighted by Crippen LogP contribution is 2.06. The van der Waals surface area contributed by atoms with Gasteiger partial charge in [-0.15, -0.1) is 0 Å². The maximum atomic E-state index is 12.6. The van der Waals surface area contributed by atoms with E-state index in [9.17, 15) is 34.2 Å². The molecule has 1 saturated heterocycles. The number of carboxylic acid groups (broad SMARTS) is 1. The number of primary amides is 1. The summed E-state index contributed by atoms with van der Waals surface area (Å²) in [4.78, 5) is 63.8. The fraction of sp³-hybridized carbons (Fsp3) is 0.667. The van der Waals surface area contributed by atoms with Crippen LogP contribution in [-0.4, -0.2) is 89.6 Å². The molecule has 0 spiro atoms. The Kier molecular flexibility index (Phi) is 11.6. The Morgan fingerprint density at radius 3 is 2.15 bits per heavy atom. The molecular weight excluding hydrogens is 440 g/mol. The molecule has 1 aliphatic rings. The smallest absolute Gasteiger partial charge is 0.326 e. The number of hydrogen-bond donors (Lipinski definition) is 9. The average Bonchev–Trinajstić information content (AvgIpc) is 3.27. The molecule has 0 aromatic carbocycles. The molecule has 12 N–H and O–H groups in total. The maximum absolute atomic E-state index is 12.6. The number of aliphatic hydroxyl groups excluding tert-OH is 1. The molecule has 15 heteroatoms. The highest BCUT2D eigenvalue weighted by Gasteiger charge is 2.31. The van der Waals surface area contributed by atoms with Crippen LogP contribution in [0, 0.1) is 0 Å². The molecule has 186 valence electrons. The summed E-state index contributed by atoms with van der Waals surface area (Å²) in [6, 6.07) is -4.77. The SMILES string of the molecule is NC(=O)CC(NC(=O)C1CCCN1)C(=O)NC(CO)C(=O)NC(CCCN=C(N)N)C(=O)O. The van der Waals surface area contributed by atoms with Crippen molar-refractivity contribution in [3.05, 3.63) is 0 Å². The molecule has 1 heterocycles. The number of rotatable bonds is 14. The summed E-state index contributed by atoms with van der Waals surface area (Å²) in [6.07, 6.45) is 1.02. The van der Waals surface area contributed by atoms with E-state index in [1.807, 2.05) is 0 Å². The van der Waals surface area contributed by atoms with Crippen molar-refractivity contribution in [1.29, 1.82) is 0 Å². The van der Waals surface area contributed by atoms with Crippen molar-refractivity contribution < 1.29 is 34.2 Å². The highest BCUT2D eigenvalue weighted by molar-refractivity contribution is 5.96. The lowest BCUT2D eigenvalue weighted by Gasteiger charge is -2.23. The molecule has 0 bridgehead atoms. The lowest BCUT2D eigenvalue weighted by Crippen LogP contribution is -2.58. The van der Waals surface area contributed by atoms with Gasteiger partial charge in [0.15, 0.2) is 5.96 Å². The molecule has 0 radical (unpaired) electrons. The first-order chi connectivity index (χ1) is 15.5. The monoisotopic (exact) mass is 472 g/mol. The number of nitrogens with one attached hydrogen (secondary N) is 4. The Balaban J connectivity index is 2.75. The molecule has 4 atom stereocenters. The number of carbonyl (C=O) groups is 5. The molecular formula is C18H32N8O7. The van der Waals surface area contributed by atoms with Crippen LogP contribution < -0.4 is 38.5 Å². The number of carbonyl (C=O) groups excluding carboxylic acids is 4. The van der Waals surface area contributed by atoms with Crippen molar-refractivity contribution in [1.82, 2.24) is 21.3 Å². The van der Waals surface area contributed by atoms with E-state index in [0.29, 0.717) is 13.0 Å². The Labute approximate surface area is 189 Å². The Morgan fingerprint density at radius 2 is 1.64 bits per heavy atom. The number of amides is 4. The van der Waals surface area contributed by atoms with Gasteiger partial charge in [0.1, 0.15) is 18.1 Å². The molecule has 1 aliphatic heterocycles. The quantitative estimate of drug-likeness (QED) is 0.0661. The molecule has 4 amide bonds. The van der Waals surface area contributed by atoms with E-state index in [1.54, 1.807) is 0 Å². The average molecular weight is 473 g/mol. The normalized spacial score (nSPS) is 17.8. The number of nitrogens with two attached hydrogens (primary N) is 3. The van der Waals surface area contributed by atoms with E-state index < -0.39 is 66.8 Å². The van der Waals surface area contributed by atoms with Crippen LogP contribution in [0.2, 0.25) is 0 Å². The third-order valence-corrected chi connectivity index (χ3v) is 4.79. The van der Waals surface area contributed by atoms with E-state index in [0.717, 1.165) is 6.42 Å². The zero-order valence-corrected chi connectivity index (χ0v) is 18.1. The van der Waals surface area contributed by atoms with Crippen molar-refractivity contribution in [2.24, 2.45) is 22.2 Å². The summed E-state index contributed by atoms with van der Waals surface area (Å²) in [7, 11) is 0. The van der Waals surface area contributed by atoms with Gasteiger partial charge in [-0.3, -0.25) is 24.2 Å². The van der Waals surface area contributed by atoms with E-state index in [2.05, 4.69) is 26.3 Å². The van der Waals surface area contributed by atoms with Crippen LogP contribution in [0.1, 0.15) is 32.1 Å². The largest absolute Gasteiger partial charge is 0.480 e. The number of hydrogen-bond acceptors (Lipinski definition) is 8. The second-order valence-corrected chi connectivity index (χ2v) is 7.47. The predicted molar refractivity (Wildman–Crippen MR) is 115 cm³/mol. The molecule has 33 heavy (non-hydrogen) atoms. The molecule has 1 fully saturated rings. The topological polar surface area (TPSA) is 264 Å². The number of aliphatic hydroxyl groups is 1. The van der Waals surface area contributed by atoms with Crippen molar-refractivity contribution in [2.45, 2.75) is 56.3 Å². The van der Waals surface area contributed by atoms with Gasteiger partial charge in [-0.2, -0.15) is 0 Å². The van der Waals surface area contributed by atoms with Gasteiger partial charge in [-0.1, -0.05) is 0 Å².